The number of hydrogen-bond donors (Lipinski definition) is 0. The molecule has 0 saturated carbocycles. The van der Waals surface area contributed by atoms with Gasteiger partial charge in [-0.25, -0.2) is 0 Å². The molecular weight excluding hydrogens is 824 g/mol. The Hall–Kier alpha value is -5.30. The third-order valence-electron chi connectivity index (χ3n) is 11.1. The van der Waals surface area contributed by atoms with Gasteiger partial charge in [-0.3, -0.25) is 47.9 Å². The van der Waals surface area contributed by atoms with E-state index in [9.17, 15) is 47.9 Å². The first kappa shape index (κ1) is 56.7. The molecule has 0 aliphatic rings. The first-order chi connectivity index (χ1) is 29.3. The van der Waals surface area contributed by atoms with Crippen molar-refractivity contribution >= 4 is 59.7 Å². The molecule has 0 heterocycles. The molecule has 0 bridgehead atoms. The highest BCUT2D eigenvalue weighted by Gasteiger charge is 2.41. The van der Waals surface area contributed by atoms with Crippen molar-refractivity contribution in [3.63, 3.8) is 0 Å². The van der Waals surface area contributed by atoms with Crippen LogP contribution in [0.1, 0.15) is 78.1 Å². The van der Waals surface area contributed by atoms with E-state index >= 15 is 0 Å². The summed E-state index contributed by atoms with van der Waals surface area (Å²) in [5.41, 5.74) is 0. The maximum absolute atomic E-state index is 13.4. The second kappa shape index (κ2) is 29.9. The molecule has 0 aromatic carbocycles. The minimum Gasteiger partial charge on any atom is -0.469 e. The Morgan fingerprint density at radius 2 is 0.403 bits per heavy atom. The largest absolute Gasteiger partial charge is 0.469 e. The monoisotopic (exact) mass is 890 g/mol. The summed E-state index contributed by atoms with van der Waals surface area (Å²) in [4.78, 5) is 130. The van der Waals surface area contributed by atoms with E-state index in [2.05, 4.69) is 0 Å². The molecule has 0 aromatic heterocycles. The van der Waals surface area contributed by atoms with Crippen LogP contribution in [-0.2, 0) is 95.3 Å². The van der Waals surface area contributed by atoms with Crippen LogP contribution in [0.5, 0.6) is 0 Å². The van der Waals surface area contributed by atoms with Crippen LogP contribution in [0, 0.1) is 59.2 Å². The number of methoxy groups -OCH3 is 10. The summed E-state index contributed by atoms with van der Waals surface area (Å²) in [6.45, 7) is 3.25. The van der Waals surface area contributed by atoms with Crippen molar-refractivity contribution < 1.29 is 95.3 Å². The molecule has 20 heteroatoms. The van der Waals surface area contributed by atoms with Crippen molar-refractivity contribution in [1.29, 1.82) is 0 Å². The Morgan fingerprint density at radius 1 is 0.258 bits per heavy atom. The molecule has 354 valence electrons. The fourth-order valence-corrected chi connectivity index (χ4v) is 7.71. The Balaban J connectivity index is 7.00. The van der Waals surface area contributed by atoms with Gasteiger partial charge in [0.2, 0.25) is 0 Å². The number of esters is 10. The predicted molar refractivity (Wildman–Crippen MR) is 213 cm³/mol. The highest BCUT2D eigenvalue weighted by atomic mass is 16.6. The third-order valence-corrected chi connectivity index (χ3v) is 11.1. The van der Waals surface area contributed by atoms with Crippen LogP contribution >= 0.6 is 0 Å². The lowest BCUT2D eigenvalue weighted by atomic mass is 9.77. The zero-order valence-corrected chi connectivity index (χ0v) is 38.0. The van der Waals surface area contributed by atoms with Gasteiger partial charge < -0.3 is 47.4 Å². The Labute approximate surface area is 362 Å². The highest BCUT2D eigenvalue weighted by molar-refractivity contribution is 5.82. The van der Waals surface area contributed by atoms with Gasteiger partial charge in [-0.1, -0.05) is 13.8 Å². The maximum Gasteiger partial charge on any atom is 0.308 e. The molecule has 0 aromatic rings. The van der Waals surface area contributed by atoms with Gasteiger partial charge >= 0.3 is 59.7 Å². The van der Waals surface area contributed by atoms with Gasteiger partial charge in [0.05, 0.1) is 130 Å². The summed E-state index contributed by atoms with van der Waals surface area (Å²) in [7, 11) is 11.2. The van der Waals surface area contributed by atoms with Gasteiger partial charge in [0.15, 0.2) is 0 Å². The number of hydrogen-bond acceptors (Lipinski definition) is 20. The van der Waals surface area contributed by atoms with Crippen LogP contribution in [-0.4, -0.2) is 131 Å². The Kier molecular flexibility index (Phi) is 27.3. The lowest BCUT2D eigenvalue weighted by Crippen LogP contribution is -2.35. The van der Waals surface area contributed by atoms with E-state index in [0.29, 0.717) is 6.42 Å². The second-order valence-corrected chi connectivity index (χ2v) is 14.9. The van der Waals surface area contributed by atoms with Crippen LogP contribution in [0.4, 0.5) is 0 Å². The molecule has 0 amide bonds. The second-order valence-electron chi connectivity index (χ2n) is 14.9. The molecule has 20 nitrogen and oxygen atoms in total. The Bertz CT molecular complexity index is 1510. The number of ether oxygens (including phenoxy) is 10. The molecule has 0 rings (SSSR count). The highest BCUT2D eigenvalue weighted by Crippen LogP contribution is 2.36. The number of carbonyl (C=O) groups excluding carboxylic acids is 10. The molecule has 0 radical (unpaired) electrons. The number of carbonyl (C=O) groups is 10. The smallest absolute Gasteiger partial charge is 0.308 e. The molecular formula is C42H66O20. The van der Waals surface area contributed by atoms with Gasteiger partial charge in [-0.2, -0.15) is 0 Å². The molecule has 0 aliphatic heterocycles. The number of rotatable bonds is 29. The summed E-state index contributed by atoms with van der Waals surface area (Å²) >= 11 is 0. The van der Waals surface area contributed by atoms with Crippen molar-refractivity contribution in [3.8, 4) is 0 Å². The van der Waals surface area contributed by atoms with Crippen molar-refractivity contribution in [1.82, 2.24) is 0 Å². The van der Waals surface area contributed by atoms with Crippen molar-refractivity contribution in [2.75, 3.05) is 71.1 Å². The van der Waals surface area contributed by atoms with Gasteiger partial charge in [0, 0.05) is 0 Å². The molecule has 10 unspecified atom stereocenters. The summed E-state index contributed by atoms with van der Waals surface area (Å²) in [6, 6.07) is 0. The van der Waals surface area contributed by atoms with E-state index in [1.165, 1.54) is 21.1 Å². The Morgan fingerprint density at radius 3 is 0.565 bits per heavy atom. The van der Waals surface area contributed by atoms with Gasteiger partial charge in [-0.15, -0.1) is 0 Å². The van der Waals surface area contributed by atoms with Crippen molar-refractivity contribution in [2.45, 2.75) is 78.1 Å². The maximum atomic E-state index is 13.4. The summed E-state index contributed by atoms with van der Waals surface area (Å²) in [5, 5.41) is 0. The zero-order chi connectivity index (χ0) is 47.7. The van der Waals surface area contributed by atoms with Crippen LogP contribution in [0.3, 0.4) is 0 Å². The lowest BCUT2D eigenvalue weighted by Gasteiger charge is -2.29. The molecule has 0 fully saturated rings. The zero-order valence-electron chi connectivity index (χ0n) is 38.0. The van der Waals surface area contributed by atoms with Crippen molar-refractivity contribution in [2.24, 2.45) is 59.2 Å². The van der Waals surface area contributed by atoms with Crippen LogP contribution in [0.2, 0.25) is 0 Å². The standard InChI is InChI=1S/C42H66O20/c1-13-24(34(44)54-4)15-26(36(46)56-6)17-28(38(48)58-8)19-30(40(50)60-10)21-32(42(52)62-12)22-31(41(51)61-11)20-29(39(49)59-9)18-27(37(47)57-7)16-25(35(45)55-5)14-23(2)33(43)53-3/h23-32H,13-22H2,1-12H3. The van der Waals surface area contributed by atoms with Crippen LogP contribution in [0.25, 0.3) is 0 Å². The van der Waals surface area contributed by atoms with E-state index in [-0.39, 0.29) is 57.8 Å². The van der Waals surface area contributed by atoms with Gasteiger partial charge in [0.25, 0.3) is 0 Å². The minimum absolute atomic E-state index is 0.0496. The molecule has 0 saturated heterocycles. The SMILES string of the molecule is CCC(CC(CC(CC(CC(CC(CC(CC(CC(CC(C)C(=O)OC)C(=O)OC)C(=O)OC)C(=O)OC)C(=O)OC)C(=O)OC)C(=O)OC)C(=O)OC)C(=O)OC)C(=O)OC. The van der Waals surface area contributed by atoms with Gasteiger partial charge in [0.1, 0.15) is 0 Å². The molecule has 10 atom stereocenters. The molecule has 0 spiro atoms. The quantitative estimate of drug-likeness (QED) is 0.0772. The molecule has 0 aliphatic carbocycles. The average Bonchev–Trinajstić information content (AvgIpc) is 3.29. The topological polar surface area (TPSA) is 263 Å². The summed E-state index contributed by atoms with van der Waals surface area (Å²) in [6.07, 6.45) is -2.03. The van der Waals surface area contributed by atoms with E-state index in [1.807, 2.05) is 0 Å². The van der Waals surface area contributed by atoms with Gasteiger partial charge in [-0.05, 0) is 64.2 Å². The van der Waals surface area contributed by atoms with Crippen LogP contribution < -0.4 is 0 Å². The lowest BCUT2D eigenvalue weighted by molar-refractivity contribution is -0.156. The molecule has 0 N–H and O–H groups in total. The average molecular weight is 891 g/mol. The summed E-state index contributed by atoms with van der Waals surface area (Å²) < 4.78 is 49.8. The van der Waals surface area contributed by atoms with E-state index < -0.39 is 119 Å². The molecule has 62 heavy (non-hydrogen) atoms. The van der Waals surface area contributed by atoms with Crippen molar-refractivity contribution in [3.05, 3.63) is 0 Å². The fraction of sp³-hybridized carbons (Fsp3) is 0.762. The third kappa shape index (κ3) is 18.4. The van der Waals surface area contributed by atoms with E-state index in [4.69, 9.17) is 47.4 Å². The first-order valence-electron chi connectivity index (χ1n) is 20.1. The summed E-state index contributed by atoms with van der Waals surface area (Å²) in [5.74, 6) is -18.6. The van der Waals surface area contributed by atoms with E-state index in [0.717, 1.165) is 56.9 Å². The minimum atomic E-state index is -1.27. The fourth-order valence-electron chi connectivity index (χ4n) is 7.71. The van der Waals surface area contributed by atoms with E-state index in [1.54, 1.807) is 6.92 Å². The van der Waals surface area contributed by atoms with Crippen LogP contribution in [0.15, 0.2) is 0 Å². The normalized spacial score (nSPS) is 15.7. The first-order valence-corrected chi connectivity index (χ1v) is 20.1. The predicted octanol–water partition coefficient (Wildman–Crippen LogP) is 2.82.